The summed E-state index contributed by atoms with van der Waals surface area (Å²) in [5, 5.41) is 3.72. The molecule has 0 aromatic carbocycles. The maximum Gasteiger partial charge on any atom is 0.220 e. The molecule has 1 saturated carbocycles. The van der Waals surface area contributed by atoms with Gasteiger partial charge in [-0.2, -0.15) is 0 Å². The molecule has 1 aliphatic rings. The number of halogens is 1. The van der Waals surface area contributed by atoms with Gasteiger partial charge in [-0.3, -0.25) is 4.79 Å². The van der Waals surface area contributed by atoms with Crippen molar-refractivity contribution in [1.29, 1.82) is 0 Å². The maximum atomic E-state index is 11.1. The van der Waals surface area contributed by atoms with Crippen molar-refractivity contribution in [1.82, 2.24) is 5.32 Å². The molecule has 70 valence electrons. The second kappa shape index (κ2) is 4.26. The van der Waals surface area contributed by atoms with Crippen LogP contribution in [0.4, 0.5) is 0 Å². The minimum Gasteiger partial charge on any atom is -0.356 e. The van der Waals surface area contributed by atoms with Crippen LogP contribution >= 0.6 is 15.9 Å². The second-order valence-electron chi connectivity index (χ2n) is 3.88. The zero-order valence-electron chi connectivity index (χ0n) is 7.53. The number of carbonyl (C=O) groups is 1. The average Bonchev–Trinajstić information content (AvgIpc) is 1.98. The first-order valence-corrected chi connectivity index (χ1v) is 5.61. The molecule has 1 aliphatic carbocycles. The van der Waals surface area contributed by atoms with Crippen LogP contribution in [0.15, 0.2) is 0 Å². The number of rotatable bonds is 4. The monoisotopic (exact) mass is 233 g/mol. The number of carbonyl (C=O) groups excluding carboxylic acids is 1. The summed E-state index contributed by atoms with van der Waals surface area (Å²) in [7, 11) is 0. The Kier molecular flexibility index (Phi) is 3.56. The van der Waals surface area contributed by atoms with Crippen molar-refractivity contribution in [2.24, 2.45) is 5.41 Å². The fourth-order valence-corrected chi connectivity index (χ4v) is 1.80. The molecule has 0 saturated heterocycles. The van der Waals surface area contributed by atoms with Gasteiger partial charge in [-0.15, -0.1) is 0 Å². The SMILES string of the molecule is CC1(CNC(=O)CCBr)CCC1. The van der Waals surface area contributed by atoms with Crippen molar-refractivity contribution in [3.05, 3.63) is 0 Å². The van der Waals surface area contributed by atoms with Crippen molar-refractivity contribution >= 4 is 21.8 Å². The Morgan fingerprint density at radius 2 is 2.25 bits per heavy atom. The maximum absolute atomic E-state index is 11.1. The molecule has 0 atom stereocenters. The molecular formula is C9H16BrNO. The molecule has 0 bridgehead atoms. The average molecular weight is 234 g/mol. The Morgan fingerprint density at radius 3 is 2.67 bits per heavy atom. The van der Waals surface area contributed by atoms with E-state index in [4.69, 9.17) is 0 Å². The third-order valence-electron chi connectivity index (χ3n) is 2.59. The van der Waals surface area contributed by atoms with E-state index in [2.05, 4.69) is 28.2 Å². The fraction of sp³-hybridized carbons (Fsp3) is 0.889. The third-order valence-corrected chi connectivity index (χ3v) is 2.99. The highest BCUT2D eigenvalue weighted by atomic mass is 79.9. The highest BCUT2D eigenvalue weighted by Gasteiger charge is 2.31. The van der Waals surface area contributed by atoms with Crippen LogP contribution in [-0.2, 0) is 4.79 Å². The van der Waals surface area contributed by atoms with Crippen molar-refractivity contribution in [3.63, 3.8) is 0 Å². The van der Waals surface area contributed by atoms with E-state index < -0.39 is 0 Å². The zero-order valence-corrected chi connectivity index (χ0v) is 9.11. The van der Waals surface area contributed by atoms with Gasteiger partial charge in [-0.1, -0.05) is 29.3 Å². The molecule has 12 heavy (non-hydrogen) atoms. The van der Waals surface area contributed by atoms with Crippen molar-refractivity contribution in [3.8, 4) is 0 Å². The minimum atomic E-state index is 0.167. The van der Waals surface area contributed by atoms with E-state index in [9.17, 15) is 4.79 Å². The second-order valence-corrected chi connectivity index (χ2v) is 4.67. The van der Waals surface area contributed by atoms with Gasteiger partial charge in [0.15, 0.2) is 0 Å². The predicted molar refractivity (Wildman–Crippen MR) is 53.4 cm³/mol. The molecule has 0 aromatic heterocycles. The number of alkyl halides is 1. The van der Waals surface area contributed by atoms with E-state index in [1.165, 1.54) is 19.3 Å². The third kappa shape index (κ3) is 2.77. The minimum absolute atomic E-state index is 0.167. The summed E-state index contributed by atoms with van der Waals surface area (Å²) >= 11 is 3.24. The predicted octanol–water partition coefficient (Wildman–Crippen LogP) is 2.08. The van der Waals surface area contributed by atoms with Crippen LogP contribution in [-0.4, -0.2) is 17.8 Å². The van der Waals surface area contributed by atoms with Crippen LogP contribution in [0.3, 0.4) is 0 Å². The molecule has 0 spiro atoms. The molecule has 3 heteroatoms. The Morgan fingerprint density at radius 1 is 1.58 bits per heavy atom. The van der Waals surface area contributed by atoms with E-state index >= 15 is 0 Å². The van der Waals surface area contributed by atoms with Gasteiger partial charge in [-0.25, -0.2) is 0 Å². The zero-order chi connectivity index (χ0) is 9.03. The van der Waals surface area contributed by atoms with E-state index in [1.807, 2.05) is 0 Å². The standard InChI is InChI=1S/C9H16BrNO/c1-9(4-2-5-9)7-11-8(12)3-6-10/h2-7H2,1H3,(H,11,12). The van der Waals surface area contributed by atoms with Crippen LogP contribution in [0, 0.1) is 5.41 Å². The Bertz CT molecular complexity index is 166. The largest absolute Gasteiger partial charge is 0.356 e. The molecule has 0 aliphatic heterocycles. The molecular weight excluding hydrogens is 218 g/mol. The van der Waals surface area contributed by atoms with Gasteiger partial charge in [0, 0.05) is 18.3 Å². The molecule has 1 fully saturated rings. The Labute approximate surface area is 82.2 Å². The number of nitrogens with one attached hydrogen (secondary N) is 1. The lowest BCUT2D eigenvalue weighted by molar-refractivity contribution is -0.121. The van der Waals surface area contributed by atoms with Crippen LogP contribution in [0.5, 0.6) is 0 Å². The Hall–Kier alpha value is -0.0500. The van der Waals surface area contributed by atoms with E-state index in [1.54, 1.807) is 0 Å². The molecule has 0 heterocycles. The summed E-state index contributed by atoms with van der Waals surface area (Å²) in [6.45, 7) is 3.10. The van der Waals surface area contributed by atoms with Crippen LogP contribution in [0.1, 0.15) is 32.6 Å². The van der Waals surface area contributed by atoms with Gasteiger partial charge in [-0.05, 0) is 18.3 Å². The summed E-state index contributed by atoms with van der Waals surface area (Å²) in [6, 6.07) is 0. The van der Waals surface area contributed by atoms with Crippen molar-refractivity contribution < 1.29 is 4.79 Å². The smallest absolute Gasteiger partial charge is 0.220 e. The number of hydrogen-bond donors (Lipinski definition) is 1. The van der Waals surface area contributed by atoms with Crippen LogP contribution < -0.4 is 5.32 Å². The van der Waals surface area contributed by atoms with Crippen LogP contribution in [0.2, 0.25) is 0 Å². The van der Waals surface area contributed by atoms with Gasteiger partial charge in [0.1, 0.15) is 0 Å². The van der Waals surface area contributed by atoms with E-state index in [0.29, 0.717) is 11.8 Å². The number of hydrogen-bond acceptors (Lipinski definition) is 1. The fourth-order valence-electron chi connectivity index (χ4n) is 1.44. The van der Waals surface area contributed by atoms with E-state index in [-0.39, 0.29) is 5.91 Å². The topological polar surface area (TPSA) is 29.1 Å². The molecule has 1 rings (SSSR count). The van der Waals surface area contributed by atoms with Crippen molar-refractivity contribution in [2.75, 3.05) is 11.9 Å². The highest BCUT2D eigenvalue weighted by molar-refractivity contribution is 9.09. The lowest BCUT2D eigenvalue weighted by Crippen LogP contribution is -2.39. The molecule has 1 amide bonds. The van der Waals surface area contributed by atoms with Gasteiger partial charge in [0.2, 0.25) is 5.91 Å². The first-order valence-electron chi connectivity index (χ1n) is 4.49. The van der Waals surface area contributed by atoms with Crippen molar-refractivity contribution in [2.45, 2.75) is 32.6 Å². The van der Waals surface area contributed by atoms with Gasteiger partial charge < -0.3 is 5.32 Å². The summed E-state index contributed by atoms with van der Waals surface area (Å²) in [5.41, 5.74) is 0.405. The summed E-state index contributed by atoms with van der Waals surface area (Å²) < 4.78 is 0. The lowest BCUT2D eigenvalue weighted by atomic mass is 9.70. The first kappa shape index (κ1) is 10.0. The Balaban J connectivity index is 2.12. The molecule has 0 unspecified atom stereocenters. The molecule has 2 nitrogen and oxygen atoms in total. The lowest BCUT2D eigenvalue weighted by Gasteiger charge is -2.38. The van der Waals surface area contributed by atoms with Gasteiger partial charge >= 0.3 is 0 Å². The summed E-state index contributed by atoms with van der Waals surface area (Å²) in [4.78, 5) is 11.1. The molecule has 0 radical (unpaired) electrons. The highest BCUT2D eigenvalue weighted by Crippen LogP contribution is 2.39. The summed E-state index contributed by atoms with van der Waals surface area (Å²) in [5.74, 6) is 0.167. The van der Waals surface area contributed by atoms with Gasteiger partial charge in [0.25, 0.3) is 0 Å². The van der Waals surface area contributed by atoms with Gasteiger partial charge in [0.05, 0.1) is 0 Å². The first-order chi connectivity index (χ1) is 5.66. The quantitative estimate of drug-likeness (QED) is 0.741. The summed E-state index contributed by atoms with van der Waals surface area (Å²) in [6.07, 6.45) is 4.45. The molecule has 1 N–H and O–H groups in total. The normalized spacial score (nSPS) is 19.8. The number of amides is 1. The van der Waals surface area contributed by atoms with Crippen LogP contribution in [0.25, 0.3) is 0 Å². The molecule has 0 aromatic rings. The van der Waals surface area contributed by atoms with E-state index in [0.717, 1.165) is 11.9 Å².